The Hall–Kier alpha value is -0.850. The fourth-order valence-corrected chi connectivity index (χ4v) is 1.53. The van der Waals surface area contributed by atoms with Gasteiger partial charge in [-0.2, -0.15) is 0 Å². The van der Waals surface area contributed by atoms with Crippen molar-refractivity contribution >= 4 is 11.8 Å². The van der Waals surface area contributed by atoms with E-state index < -0.39 is 0 Å². The highest BCUT2D eigenvalue weighted by Gasteiger charge is 1.91. The van der Waals surface area contributed by atoms with Crippen LogP contribution in [-0.4, -0.2) is 23.0 Å². The fourth-order valence-electron chi connectivity index (χ4n) is 0.977. The van der Waals surface area contributed by atoms with Crippen LogP contribution in [0.5, 0.6) is 0 Å². The lowest BCUT2D eigenvalue weighted by molar-refractivity contribution is 0.733. The maximum atomic E-state index is 5.13. The molecule has 2 N–H and O–H groups in total. The number of rotatable bonds is 6. The molecule has 0 aliphatic heterocycles. The summed E-state index contributed by atoms with van der Waals surface area (Å²) in [5, 5.41) is 3.34. The highest BCUT2D eigenvalue weighted by Crippen LogP contribution is 1.97. The number of terminal acetylenes is 1. The minimum atomic E-state index is 0.811. The van der Waals surface area contributed by atoms with Crippen LogP contribution < -0.4 is 5.32 Å². The first-order valence-corrected chi connectivity index (χ1v) is 5.42. The molecule has 0 aromatic carbocycles. The van der Waals surface area contributed by atoms with Crippen LogP contribution >= 0.6 is 11.8 Å². The highest BCUT2D eigenvalue weighted by molar-refractivity contribution is 7.99. The topological polar surface area (TPSA) is 27.8 Å². The van der Waals surface area contributed by atoms with Crippen LogP contribution in [0.2, 0.25) is 0 Å². The molecule has 1 rings (SSSR count). The number of aromatic amines is 1. The van der Waals surface area contributed by atoms with Crippen LogP contribution in [0.15, 0.2) is 18.5 Å². The summed E-state index contributed by atoms with van der Waals surface area (Å²) >= 11 is 1.78. The summed E-state index contributed by atoms with van der Waals surface area (Å²) in [6.07, 6.45) is 9.06. The summed E-state index contributed by atoms with van der Waals surface area (Å²) in [7, 11) is 0. The van der Waals surface area contributed by atoms with E-state index in [4.69, 9.17) is 6.42 Å². The number of aromatic nitrogens is 1. The molecule has 0 unspecified atom stereocenters. The van der Waals surface area contributed by atoms with Crippen LogP contribution in [0.3, 0.4) is 0 Å². The van der Waals surface area contributed by atoms with Gasteiger partial charge < -0.3 is 10.3 Å². The van der Waals surface area contributed by atoms with Crippen molar-refractivity contribution in [2.75, 3.05) is 18.1 Å². The van der Waals surface area contributed by atoms with Gasteiger partial charge in [-0.3, -0.25) is 0 Å². The Labute approximate surface area is 83.5 Å². The van der Waals surface area contributed by atoms with Crippen LogP contribution in [-0.2, 0) is 6.54 Å². The third-order valence-corrected chi connectivity index (χ3v) is 2.46. The Morgan fingerprint density at radius 3 is 3.23 bits per heavy atom. The molecule has 1 aromatic heterocycles. The predicted octanol–water partition coefficient (Wildman–Crippen LogP) is 1.47. The number of hydrogen-bond donors (Lipinski definition) is 2. The average Bonchev–Trinajstić information content (AvgIpc) is 2.63. The smallest absolute Gasteiger partial charge is 0.0545 e. The Kier molecular flexibility index (Phi) is 5.23. The molecule has 13 heavy (non-hydrogen) atoms. The second-order valence-corrected chi connectivity index (χ2v) is 3.76. The summed E-state index contributed by atoms with van der Waals surface area (Å²) in [5.41, 5.74) is 1.29. The van der Waals surface area contributed by atoms with Crippen molar-refractivity contribution in [1.29, 1.82) is 0 Å². The molecular formula is C10H14N2S. The Bertz CT molecular complexity index is 248. The van der Waals surface area contributed by atoms with E-state index in [9.17, 15) is 0 Å². The van der Waals surface area contributed by atoms with Crippen molar-refractivity contribution in [3.05, 3.63) is 24.0 Å². The van der Waals surface area contributed by atoms with Gasteiger partial charge >= 0.3 is 0 Å². The average molecular weight is 194 g/mol. The maximum Gasteiger partial charge on any atom is 0.0545 e. The molecule has 2 nitrogen and oxygen atoms in total. The van der Waals surface area contributed by atoms with Crippen LogP contribution in [0.25, 0.3) is 0 Å². The minimum Gasteiger partial charge on any atom is -0.367 e. The zero-order valence-corrected chi connectivity index (χ0v) is 8.36. The van der Waals surface area contributed by atoms with Gasteiger partial charge in [0, 0.05) is 31.2 Å². The molecule has 0 amide bonds. The molecule has 0 aliphatic rings. The fraction of sp³-hybridized carbons (Fsp3) is 0.400. The Morgan fingerprint density at radius 2 is 2.54 bits per heavy atom. The van der Waals surface area contributed by atoms with Gasteiger partial charge in [-0.25, -0.2) is 0 Å². The van der Waals surface area contributed by atoms with Gasteiger partial charge in [-0.15, -0.1) is 18.2 Å². The lowest BCUT2D eigenvalue weighted by atomic mass is 10.3. The third-order valence-electron chi connectivity index (χ3n) is 1.60. The second-order valence-electron chi connectivity index (χ2n) is 2.65. The first kappa shape index (κ1) is 10.2. The number of H-pyrrole nitrogens is 1. The van der Waals surface area contributed by atoms with E-state index in [2.05, 4.69) is 22.3 Å². The van der Waals surface area contributed by atoms with Gasteiger partial charge in [0.05, 0.1) is 5.75 Å². The third kappa shape index (κ3) is 4.66. The summed E-state index contributed by atoms with van der Waals surface area (Å²) in [6, 6.07) is 2.07. The lowest BCUT2D eigenvalue weighted by Crippen LogP contribution is -2.16. The van der Waals surface area contributed by atoms with E-state index in [1.807, 2.05) is 12.4 Å². The SMILES string of the molecule is C#CCSCCNCc1cc[nH]c1. The van der Waals surface area contributed by atoms with Crippen molar-refractivity contribution in [1.82, 2.24) is 10.3 Å². The zero-order chi connectivity index (χ0) is 9.36. The monoisotopic (exact) mass is 194 g/mol. The second kappa shape index (κ2) is 6.64. The molecule has 0 saturated heterocycles. The first-order valence-electron chi connectivity index (χ1n) is 4.27. The molecule has 70 valence electrons. The minimum absolute atomic E-state index is 0.811. The molecule has 0 spiro atoms. The summed E-state index contributed by atoms with van der Waals surface area (Å²) < 4.78 is 0. The van der Waals surface area contributed by atoms with E-state index in [0.29, 0.717) is 0 Å². The normalized spacial score (nSPS) is 9.77. The molecular weight excluding hydrogens is 180 g/mol. The van der Waals surface area contributed by atoms with Gasteiger partial charge in [-0.05, 0) is 11.6 Å². The largest absolute Gasteiger partial charge is 0.367 e. The van der Waals surface area contributed by atoms with Crippen LogP contribution in [0.1, 0.15) is 5.56 Å². The number of hydrogen-bond acceptors (Lipinski definition) is 2. The van der Waals surface area contributed by atoms with Crippen molar-refractivity contribution in [3.63, 3.8) is 0 Å². The van der Waals surface area contributed by atoms with E-state index in [1.165, 1.54) is 5.56 Å². The number of nitrogens with one attached hydrogen (secondary N) is 2. The maximum absolute atomic E-state index is 5.13. The molecule has 0 saturated carbocycles. The molecule has 1 aromatic rings. The summed E-state index contributed by atoms with van der Waals surface area (Å²) in [6.45, 7) is 1.94. The standard InChI is InChI=1S/C10H14N2S/c1-2-6-13-7-5-12-9-10-3-4-11-8-10/h1,3-4,8,11-12H,5-7,9H2. The highest BCUT2D eigenvalue weighted by atomic mass is 32.2. The van der Waals surface area contributed by atoms with Crippen LogP contribution in [0.4, 0.5) is 0 Å². The molecule has 0 atom stereocenters. The van der Waals surface area contributed by atoms with Crippen molar-refractivity contribution < 1.29 is 0 Å². The van der Waals surface area contributed by atoms with E-state index >= 15 is 0 Å². The summed E-state index contributed by atoms with van der Waals surface area (Å²) in [5.74, 6) is 4.49. The van der Waals surface area contributed by atoms with E-state index in [-0.39, 0.29) is 0 Å². The molecule has 0 fully saturated rings. The molecule has 0 aliphatic carbocycles. The van der Waals surface area contributed by atoms with Crippen molar-refractivity contribution in [3.8, 4) is 12.3 Å². The Balaban J connectivity index is 1.94. The number of thioether (sulfide) groups is 1. The van der Waals surface area contributed by atoms with Crippen molar-refractivity contribution in [2.45, 2.75) is 6.54 Å². The van der Waals surface area contributed by atoms with Crippen LogP contribution in [0, 0.1) is 12.3 Å². The zero-order valence-electron chi connectivity index (χ0n) is 7.55. The van der Waals surface area contributed by atoms with Gasteiger partial charge in [0.15, 0.2) is 0 Å². The molecule has 3 heteroatoms. The van der Waals surface area contributed by atoms with Crippen molar-refractivity contribution in [2.24, 2.45) is 0 Å². The van der Waals surface area contributed by atoms with Gasteiger partial charge in [-0.1, -0.05) is 5.92 Å². The van der Waals surface area contributed by atoms with E-state index in [1.54, 1.807) is 11.8 Å². The van der Waals surface area contributed by atoms with E-state index in [0.717, 1.165) is 24.6 Å². The Morgan fingerprint density at radius 1 is 1.62 bits per heavy atom. The molecule has 0 radical (unpaired) electrons. The lowest BCUT2D eigenvalue weighted by Gasteiger charge is -2.00. The molecule has 1 heterocycles. The quantitative estimate of drug-likeness (QED) is 0.530. The predicted molar refractivity (Wildman–Crippen MR) is 58.7 cm³/mol. The first-order chi connectivity index (χ1) is 6.43. The van der Waals surface area contributed by atoms with Gasteiger partial charge in [0.1, 0.15) is 0 Å². The van der Waals surface area contributed by atoms with Gasteiger partial charge in [0.2, 0.25) is 0 Å². The van der Waals surface area contributed by atoms with Gasteiger partial charge in [0.25, 0.3) is 0 Å². The summed E-state index contributed by atoms with van der Waals surface area (Å²) in [4.78, 5) is 3.02. The molecule has 0 bridgehead atoms.